The quantitative estimate of drug-likeness (QED) is 0.374. The third-order valence-corrected chi connectivity index (χ3v) is 10.6. The van der Waals surface area contributed by atoms with Crippen LogP contribution in [0.1, 0.15) is 56.5 Å². The topological polar surface area (TPSA) is 127 Å². The zero-order valence-corrected chi connectivity index (χ0v) is 25.4. The van der Waals surface area contributed by atoms with Gasteiger partial charge in [0.15, 0.2) is 17.8 Å². The molecule has 1 unspecified atom stereocenters. The summed E-state index contributed by atoms with van der Waals surface area (Å²) in [7, 11) is 1.57. The molecule has 3 N–H and O–H groups in total. The highest BCUT2D eigenvalue weighted by Gasteiger charge is 2.57. The van der Waals surface area contributed by atoms with Crippen LogP contribution in [0.2, 0.25) is 0 Å². The summed E-state index contributed by atoms with van der Waals surface area (Å²) in [5, 5.41) is 25.8. The van der Waals surface area contributed by atoms with Crippen LogP contribution in [0, 0.1) is 29.1 Å². The van der Waals surface area contributed by atoms with E-state index < -0.39 is 24.2 Å². The summed E-state index contributed by atoms with van der Waals surface area (Å²) in [5.41, 5.74) is 2.84. The second-order valence-electron chi connectivity index (χ2n) is 13.1. The molecule has 232 valence electrons. The number of aliphatic hydroxyl groups excluding tert-OH is 2. The molecule has 2 aromatic rings. The molecule has 2 aromatic carbocycles. The number of amides is 1. The highest BCUT2D eigenvalue weighted by atomic mass is 16.7. The maximum absolute atomic E-state index is 14.0. The lowest BCUT2D eigenvalue weighted by molar-refractivity contribution is -0.183. The Bertz CT molecular complexity index is 1390. The Balaban J connectivity index is 1.29. The Morgan fingerprint density at radius 3 is 2.70 bits per heavy atom. The van der Waals surface area contributed by atoms with Crippen LogP contribution in [0.15, 0.2) is 30.3 Å². The lowest BCUT2D eigenvalue weighted by atomic mass is 9.45. The van der Waals surface area contributed by atoms with E-state index in [1.807, 2.05) is 24.3 Å². The van der Waals surface area contributed by atoms with Gasteiger partial charge in [0.2, 0.25) is 12.7 Å². The van der Waals surface area contributed by atoms with Crippen molar-refractivity contribution in [3.8, 4) is 28.4 Å². The fourth-order valence-corrected chi connectivity index (χ4v) is 8.11. The van der Waals surface area contributed by atoms with E-state index in [4.69, 9.17) is 19.0 Å². The number of ether oxygens (including phenoxy) is 3. The number of nitrogens with one attached hydrogen (secondary N) is 1. The van der Waals surface area contributed by atoms with Crippen molar-refractivity contribution in [1.29, 1.82) is 0 Å². The van der Waals surface area contributed by atoms with Gasteiger partial charge in [0.05, 0.1) is 31.9 Å². The van der Waals surface area contributed by atoms with Crippen molar-refractivity contribution in [1.82, 2.24) is 10.4 Å². The van der Waals surface area contributed by atoms with Crippen molar-refractivity contribution < 1.29 is 38.9 Å². The summed E-state index contributed by atoms with van der Waals surface area (Å²) >= 11 is 0. The van der Waals surface area contributed by atoms with Gasteiger partial charge in [-0.1, -0.05) is 39.0 Å². The largest absolute Gasteiger partial charge is 0.496 e. The molecule has 10 heteroatoms. The van der Waals surface area contributed by atoms with Gasteiger partial charge in [-0.25, -0.2) is 0 Å². The number of methoxy groups -OCH3 is 1. The van der Waals surface area contributed by atoms with E-state index in [0.717, 1.165) is 23.8 Å². The number of hydrogen-bond donors (Lipinski definition) is 3. The van der Waals surface area contributed by atoms with Crippen LogP contribution < -0.4 is 19.5 Å². The van der Waals surface area contributed by atoms with Gasteiger partial charge in [-0.2, -0.15) is 5.06 Å². The van der Waals surface area contributed by atoms with Crippen molar-refractivity contribution in [2.45, 2.75) is 71.4 Å². The van der Waals surface area contributed by atoms with Crippen LogP contribution in [0.4, 0.5) is 0 Å². The third-order valence-electron chi connectivity index (χ3n) is 10.6. The number of carbonyl (C=O) groups excluding carboxylic acids is 2. The maximum Gasteiger partial charge on any atom is 0.240 e. The lowest BCUT2D eigenvalue weighted by Gasteiger charge is -2.62. The summed E-state index contributed by atoms with van der Waals surface area (Å²) in [5.74, 6) is 2.09. The number of para-hydroxylation sites is 1. The van der Waals surface area contributed by atoms with Crippen molar-refractivity contribution in [2.24, 2.45) is 29.1 Å². The monoisotopic (exact) mass is 594 g/mol. The molecule has 2 bridgehead atoms. The standard InChI is InChI=1S/C33H42N2O8/c1-17-24-11-22(33(24,3)4)12-25(17)34-32(39)29-28(18(2)38)27(15-37)43-35(29)13-19-7-6-8-23(30(19)40-5)20-9-21(14-36)31-26(10-20)41-16-42-31/h6-10,14,17-18,22,24-25,27-29,37-38H,11-13,15-16H2,1-5H3,(H,34,39)/t17?,18-,22+,24-,25-,27-,28+,29-/m0/s1. The summed E-state index contributed by atoms with van der Waals surface area (Å²) in [6.07, 6.45) is 1.23. The number of hydroxylamine groups is 2. The first-order valence-electron chi connectivity index (χ1n) is 15.2. The van der Waals surface area contributed by atoms with Crippen molar-refractivity contribution >= 4 is 12.2 Å². The average molecular weight is 595 g/mol. The van der Waals surface area contributed by atoms with E-state index in [2.05, 4.69) is 26.1 Å². The minimum atomic E-state index is -0.891. The van der Waals surface area contributed by atoms with Gasteiger partial charge in [-0.15, -0.1) is 0 Å². The van der Waals surface area contributed by atoms with E-state index in [0.29, 0.717) is 51.5 Å². The van der Waals surface area contributed by atoms with Gasteiger partial charge in [0.1, 0.15) is 17.9 Å². The van der Waals surface area contributed by atoms with E-state index in [1.54, 1.807) is 25.2 Å². The van der Waals surface area contributed by atoms with E-state index in [1.165, 1.54) is 6.42 Å². The van der Waals surface area contributed by atoms with Crippen LogP contribution in [-0.4, -0.2) is 72.3 Å². The Morgan fingerprint density at radius 2 is 2.05 bits per heavy atom. The normalized spacial score (nSPS) is 31.3. The average Bonchev–Trinajstić information content (AvgIpc) is 3.62. The summed E-state index contributed by atoms with van der Waals surface area (Å²) in [6.45, 7) is 8.38. The van der Waals surface area contributed by atoms with E-state index in [-0.39, 0.29) is 31.9 Å². The van der Waals surface area contributed by atoms with Gasteiger partial charge in [-0.05, 0) is 60.6 Å². The van der Waals surface area contributed by atoms with Crippen LogP contribution in [-0.2, 0) is 16.2 Å². The number of aldehydes is 1. The number of aliphatic hydroxyl groups is 2. The molecule has 0 spiro atoms. The molecule has 4 fully saturated rings. The summed E-state index contributed by atoms with van der Waals surface area (Å²) in [4.78, 5) is 32.0. The molecule has 1 saturated heterocycles. The van der Waals surface area contributed by atoms with Gasteiger partial charge in [0, 0.05) is 23.1 Å². The molecule has 0 aromatic heterocycles. The number of benzene rings is 2. The highest BCUT2D eigenvalue weighted by Crippen LogP contribution is 2.61. The SMILES string of the molecule is COc1c(CN2O[C@@H](CO)[C@@H]([C@H](C)O)[C@H]2C(=O)N[C@H]2C[C@H]3C[C@@H](C2C)C3(C)C)cccc1-c1cc(C=O)c2c(c1)OCO2. The smallest absolute Gasteiger partial charge is 0.240 e. The molecule has 2 aliphatic heterocycles. The number of rotatable bonds is 9. The molecule has 3 saturated carbocycles. The Labute approximate surface area is 252 Å². The number of carbonyl (C=O) groups is 2. The number of fused-ring (bicyclic) bond motifs is 3. The van der Waals surface area contributed by atoms with Gasteiger partial charge in [0.25, 0.3) is 0 Å². The Kier molecular flexibility index (Phi) is 7.91. The predicted octanol–water partition coefficient (Wildman–Crippen LogP) is 3.56. The third kappa shape index (κ3) is 4.98. The van der Waals surface area contributed by atoms with Crippen molar-refractivity contribution in [2.75, 3.05) is 20.5 Å². The molecule has 2 heterocycles. The fourth-order valence-electron chi connectivity index (χ4n) is 8.11. The van der Waals surface area contributed by atoms with Crippen LogP contribution in [0.3, 0.4) is 0 Å². The summed E-state index contributed by atoms with van der Waals surface area (Å²) < 4.78 is 16.9. The minimum Gasteiger partial charge on any atom is -0.496 e. The van der Waals surface area contributed by atoms with Crippen LogP contribution >= 0.6 is 0 Å². The molecule has 7 rings (SSSR count). The van der Waals surface area contributed by atoms with E-state index in [9.17, 15) is 19.8 Å². The fraction of sp³-hybridized carbons (Fsp3) is 0.576. The van der Waals surface area contributed by atoms with Gasteiger partial charge >= 0.3 is 0 Å². The Hall–Kier alpha value is -3.18. The first-order chi connectivity index (χ1) is 20.6. The molecule has 10 nitrogen and oxygen atoms in total. The van der Waals surface area contributed by atoms with E-state index >= 15 is 0 Å². The van der Waals surface area contributed by atoms with Crippen LogP contribution in [0.5, 0.6) is 17.2 Å². The molecular weight excluding hydrogens is 552 g/mol. The second kappa shape index (κ2) is 11.4. The highest BCUT2D eigenvalue weighted by molar-refractivity contribution is 5.87. The Morgan fingerprint density at radius 1 is 1.26 bits per heavy atom. The van der Waals surface area contributed by atoms with Crippen molar-refractivity contribution in [3.05, 3.63) is 41.5 Å². The van der Waals surface area contributed by atoms with Crippen LogP contribution in [0.25, 0.3) is 11.1 Å². The molecule has 5 aliphatic rings. The molecule has 3 aliphatic carbocycles. The van der Waals surface area contributed by atoms with Gasteiger partial charge < -0.3 is 29.7 Å². The molecule has 0 radical (unpaired) electrons. The summed E-state index contributed by atoms with van der Waals surface area (Å²) in [6, 6.07) is 8.40. The lowest BCUT2D eigenvalue weighted by Crippen LogP contribution is -2.62. The molecular formula is C33H42N2O8. The number of hydrogen-bond acceptors (Lipinski definition) is 9. The second-order valence-corrected chi connectivity index (χ2v) is 13.1. The zero-order chi connectivity index (χ0) is 30.6. The maximum atomic E-state index is 14.0. The first-order valence-corrected chi connectivity index (χ1v) is 15.2. The molecule has 8 atom stereocenters. The van der Waals surface area contributed by atoms with Crippen molar-refractivity contribution in [3.63, 3.8) is 0 Å². The minimum absolute atomic E-state index is 0.0434. The predicted molar refractivity (Wildman–Crippen MR) is 157 cm³/mol. The molecule has 43 heavy (non-hydrogen) atoms. The first kappa shape index (κ1) is 29.9. The zero-order valence-electron chi connectivity index (χ0n) is 25.4. The number of nitrogens with zero attached hydrogens (tertiary/aromatic N) is 1. The van der Waals surface area contributed by atoms with Gasteiger partial charge in [-0.3, -0.25) is 14.4 Å². The molecule has 1 amide bonds.